The first-order valence-corrected chi connectivity index (χ1v) is 14.1. The number of ketones is 1. The van der Waals surface area contributed by atoms with Gasteiger partial charge in [0.25, 0.3) is 15.9 Å². The summed E-state index contributed by atoms with van der Waals surface area (Å²) >= 11 is 6.11. The van der Waals surface area contributed by atoms with Gasteiger partial charge in [-0.2, -0.15) is 9.57 Å². The summed E-state index contributed by atoms with van der Waals surface area (Å²) in [5, 5.41) is 13.1. The lowest BCUT2D eigenvalue weighted by Gasteiger charge is -2.40. The number of nitrogens with one attached hydrogen (secondary N) is 2. The number of aromatic nitrogens is 2. The molecule has 0 bridgehead atoms. The zero-order valence-electron chi connectivity index (χ0n) is 21.0. The maximum atomic E-state index is 13.8. The van der Waals surface area contributed by atoms with Crippen molar-refractivity contribution >= 4 is 44.2 Å². The van der Waals surface area contributed by atoms with Gasteiger partial charge in [-0.1, -0.05) is 11.6 Å². The van der Waals surface area contributed by atoms with E-state index in [0.29, 0.717) is 34.7 Å². The van der Waals surface area contributed by atoms with Crippen LogP contribution in [0.2, 0.25) is 5.02 Å². The number of benzene rings is 1. The maximum absolute atomic E-state index is 13.8. The average molecular weight is 559 g/mol. The number of carbonyl (C=O) groups is 2. The van der Waals surface area contributed by atoms with Gasteiger partial charge in [0, 0.05) is 60.5 Å². The summed E-state index contributed by atoms with van der Waals surface area (Å²) in [6, 6.07) is 6.51. The Hall–Kier alpha value is -3.24. The summed E-state index contributed by atoms with van der Waals surface area (Å²) in [4.78, 5) is 34.8. The van der Waals surface area contributed by atoms with E-state index in [0.717, 1.165) is 5.69 Å². The Bertz CT molecular complexity index is 1570. The van der Waals surface area contributed by atoms with Crippen molar-refractivity contribution < 1.29 is 22.4 Å². The minimum Gasteiger partial charge on any atom is -0.436 e. The van der Waals surface area contributed by atoms with Crippen molar-refractivity contribution in [2.45, 2.75) is 56.8 Å². The molecule has 13 heteroatoms. The largest absolute Gasteiger partial charge is 0.436 e. The summed E-state index contributed by atoms with van der Waals surface area (Å²) in [6.07, 6.45) is 1.05. The fourth-order valence-electron chi connectivity index (χ4n) is 5.13. The molecule has 0 saturated carbocycles. The fraction of sp³-hybridized carbons (Fsp3) is 0.440. The molecule has 0 spiro atoms. The van der Waals surface area contributed by atoms with E-state index in [-0.39, 0.29) is 55.0 Å². The van der Waals surface area contributed by atoms with Gasteiger partial charge in [0.05, 0.1) is 23.9 Å². The van der Waals surface area contributed by atoms with Crippen LogP contribution in [0.1, 0.15) is 59.2 Å². The minimum atomic E-state index is -4.15. The summed E-state index contributed by atoms with van der Waals surface area (Å²) in [7, 11) is -4.15. The lowest BCUT2D eigenvalue weighted by molar-refractivity contribution is 0.0511. The molecule has 5 rings (SSSR count). The van der Waals surface area contributed by atoms with Crippen molar-refractivity contribution in [3.63, 3.8) is 0 Å². The standard InChI is InChI=1S/C25H27ClN6O5S/c1-14-10-20-21(12-28-14)37-23(29-20)25(34)32-9-8-31(13-17(32)4-3-7-27)38(35,36)24-22(15(2)33)18-11-16(26)5-6-19(18)30-24/h5-6,11,14,17,28,30H,3-4,8-10,12-13H2,1-2H3. The number of Topliss-reactive ketones (excluding diaryl/α,β-unsaturated/α-hetero) is 1. The number of fused-ring (bicyclic) bond motifs is 2. The number of hydrogen-bond acceptors (Lipinski definition) is 8. The van der Waals surface area contributed by atoms with Gasteiger partial charge in [-0.25, -0.2) is 13.4 Å². The Balaban J connectivity index is 1.44. The number of piperazine rings is 1. The summed E-state index contributed by atoms with van der Waals surface area (Å²) < 4.78 is 34.6. The Morgan fingerprint density at radius 1 is 1.32 bits per heavy atom. The van der Waals surface area contributed by atoms with E-state index in [9.17, 15) is 23.3 Å². The Morgan fingerprint density at radius 3 is 2.84 bits per heavy atom. The fourth-order valence-corrected chi connectivity index (χ4v) is 7.00. The Morgan fingerprint density at radius 2 is 2.11 bits per heavy atom. The van der Waals surface area contributed by atoms with Crippen molar-refractivity contribution in [1.82, 2.24) is 24.5 Å². The Kier molecular flexibility index (Phi) is 7.04. The summed E-state index contributed by atoms with van der Waals surface area (Å²) in [6.45, 7) is 3.86. The third-order valence-electron chi connectivity index (χ3n) is 7.04. The first kappa shape index (κ1) is 26.4. The smallest absolute Gasteiger partial charge is 0.310 e. The zero-order chi connectivity index (χ0) is 27.2. The molecule has 0 aliphatic carbocycles. The number of amides is 1. The van der Waals surface area contributed by atoms with E-state index < -0.39 is 27.8 Å². The van der Waals surface area contributed by atoms with E-state index in [4.69, 9.17) is 16.0 Å². The van der Waals surface area contributed by atoms with E-state index >= 15 is 0 Å². The highest BCUT2D eigenvalue weighted by Crippen LogP contribution is 2.32. The van der Waals surface area contributed by atoms with Gasteiger partial charge >= 0.3 is 5.91 Å². The highest BCUT2D eigenvalue weighted by molar-refractivity contribution is 7.89. The minimum absolute atomic E-state index is 0.00358. The number of H-pyrrole nitrogens is 1. The molecule has 0 radical (unpaired) electrons. The second-order valence-corrected chi connectivity index (χ2v) is 12.0. The van der Waals surface area contributed by atoms with Crippen molar-refractivity contribution in [3.8, 4) is 6.07 Å². The van der Waals surface area contributed by atoms with Crippen LogP contribution < -0.4 is 5.32 Å². The van der Waals surface area contributed by atoms with Gasteiger partial charge in [0.15, 0.2) is 10.8 Å². The third-order valence-corrected chi connectivity index (χ3v) is 9.11. The molecule has 11 nitrogen and oxygen atoms in total. The lowest BCUT2D eigenvalue weighted by Crippen LogP contribution is -2.56. The lowest BCUT2D eigenvalue weighted by atomic mass is 10.1. The second-order valence-electron chi connectivity index (χ2n) is 9.66. The van der Waals surface area contributed by atoms with Crippen LogP contribution in [-0.4, -0.2) is 71.0 Å². The number of aromatic amines is 1. The van der Waals surface area contributed by atoms with Crippen LogP contribution in [-0.2, 0) is 23.0 Å². The maximum Gasteiger partial charge on any atom is 0.310 e. The number of sulfonamides is 1. The number of rotatable bonds is 6. The van der Waals surface area contributed by atoms with Crippen molar-refractivity contribution in [2.75, 3.05) is 19.6 Å². The molecule has 2 aromatic heterocycles. The highest BCUT2D eigenvalue weighted by atomic mass is 35.5. The number of nitriles is 1. The molecule has 1 saturated heterocycles. The topological polar surface area (TPSA) is 152 Å². The number of nitrogens with zero attached hydrogens (tertiary/aromatic N) is 4. The first-order chi connectivity index (χ1) is 18.1. The molecule has 2 aliphatic rings. The van der Waals surface area contributed by atoms with E-state index in [1.807, 2.05) is 6.92 Å². The van der Waals surface area contributed by atoms with Crippen LogP contribution in [0.4, 0.5) is 0 Å². The van der Waals surface area contributed by atoms with Crippen LogP contribution in [0.3, 0.4) is 0 Å². The van der Waals surface area contributed by atoms with Crippen LogP contribution in [0.25, 0.3) is 10.9 Å². The quantitative estimate of drug-likeness (QED) is 0.438. The van der Waals surface area contributed by atoms with E-state index in [1.54, 1.807) is 18.2 Å². The molecule has 1 amide bonds. The molecule has 1 aromatic carbocycles. The average Bonchev–Trinajstić information content (AvgIpc) is 3.48. The van der Waals surface area contributed by atoms with E-state index in [1.165, 1.54) is 16.1 Å². The van der Waals surface area contributed by atoms with Gasteiger partial charge in [-0.05, 0) is 38.5 Å². The van der Waals surface area contributed by atoms with Crippen LogP contribution >= 0.6 is 11.6 Å². The summed E-state index contributed by atoms with van der Waals surface area (Å²) in [5.41, 5.74) is 1.26. The van der Waals surface area contributed by atoms with Crippen molar-refractivity contribution in [1.29, 1.82) is 5.26 Å². The number of halogens is 1. The molecular formula is C25H27ClN6O5S. The van der Waals surface area contributed by atoms with Gasteiger partial charge in [0.1, 0.15) is 5.76 Å². The van der Waals surface area contributed by atoms with Crippen molar-refractivity contribution in [2.24, 2.45) is 0 Å². The first-order valence-electron chi connectivity index (χ1n) is 12.3. The van der Waals surface area contributed by atoms with Gasteiger partial charge in [0.2, 0.25) is 0 Å². The predicted molar refractivity (Wildman–Crippen MR) is 138 cm³/mol. The molecule has 2 unspecified atom stereocenters. The molecule has 3 aromatic rings. The molecule has 2 atom stereocenters. The van der Waals surface area contributed by atoms with Crippen LogP contribution in [0, 0.1) is 11.3 Å². The molecule has 2 aliphatic heterocycles. The van der Waals surface area contributed by atoms with E-state index in [2.05, 4.69) is 21.4 Å². The molecule has 2 N–H and O–H groups in total. The van der Waals surface area contributed by atoms with Gasteiger partial charge < -0.3 is 19.6 Å². The molecular weight excluding hydrogens is 532 g/mol. The Labute approximate surface area is 224 Å². The normalized spacial score (nSPS) is 20.3. The van der Waals surface area contributed by atoms with Gasteiger partial charge in [-0.15, -0.1) is 0 Å². The monoisotopic (exact) mass is 558 g/mol. The number of hydrogen-bond donors (Lipinski definition) is 2. The van der Waals surface area contributed by atoms with Crippen LogP contribution in [0.15, 0.2) is 27.6 Å². The predicted octanol–water partition coefficient (Wildman–Crippen LogP) is 2.87. The van der Waals surface area contributed by atoms with Crippen LogP contribution in [0.5, 0.6) is 0 Å². The third kappa shape index (κ3) is 4.71. The number of oxazole rings is 1. The summed E-state index contributed by atoms with van der Waals surface area (Å²) in [5.74, 6) is -0.257. The molecule has 1 fully saturated rings. The number of carbonyl (C=O) groups excluding carboxylic acids is 2. The SMILES string of the molecule is CC(=O)c1c(S(=O)(=O)N2CCN(C(=O)c3nc4c(o3)CNC(C)C4)C(CCC#N)C2)[nH]c2ccc(Cl)cc12. The molecule has 200 valence electrons. The second kappa shape index (κ2) is 10.1. The zero-order valence-corrected chi connectivity index (χ0v) is 22.5. The molecule has 38 heavy (non-hydrogen) atoms. The molecule has 4 heterocycles. The van der Waals surface area contributed by atoms with Gasteiger partial charge in [-0.3, -0.25) is 9.59 Å². The highest BCUT2D eigenvalue weighted by Gasteiger charge is 2.40. The van der Waals surface area contributed by atoms with Crippen molar-refractivity contribution in [3.05, 3.63) is 46.1 Å².